The summed E-state index contributed by atoms with van der Waals surface area (Å²) in [5.74, 6) is 0.801. The number of aryl methyl sites for hydroxylation is 2. The molecular weight excluding hydrogens is 439 g/mol. The minimum Gasteiger partial charge on any atom is -0.496 e. The second kappa shape index (κ2) is 10.6. The highest BCUT2D eigenvalue weighted by Crippen LogP contribution is 2.62. The van der Waals surface area contributed by atoms with Gasteiger partial charge in [-0.2, -0.15) is 0 Å². The van der Waals surface area contributed by atoms with Crippen molar-refractivity contribution in [2.75, 3.05) is 21.3 Å². The summed E-state index contributed by atoms with van der Waals surface area (Å²) < 4.78 is 31.0. The van der Waals surface area contributed by atoms with Gasteiger partial charge in [0, 0.05) is 23.4 Å². The molecule has 0 spiro atoms. The third kappa shape index (κ3) is 4.46. The Bertz CT molecular complexity index is 1040. The van der Waals surface area contributed by atoms with Crippen molar-refractivity contribution in [2.45, 2.75) is 58.0 Å². The van der Waals surface area contributed by atoms with Gasteiger partial charge in [0.15, 0.2) is 0 Å². The Labute approximate surface area is 196 Å². The van der Waals surface area contributed by atoms with Crippen LogP contribution >= 0.6 is 7.14 Å². The molecule has 1 aliphatic carbocycles. The van der Waals surface area contributed by atoms with E-state index in [2.05, 4.69) is 0 Å². The lowest BCUT2D eigenvalue weighted by atomic mass is 9.98. The summed E-state index contributed by atoms with van der Waals surface area (Å²) in [5, 5.41) is 0. The van der Waals surface area contributed by atoms with Crippen LogP contribution in [-0.4, -0.2) is 38.0 Å². The SMILES string of the molecule is CCc1cccc(CC)c1C(=O)P(=O)(C(=O)c1c(OC)cc(OC)cc1OC)C1CCCC1. The number of hydrogen-bond donors (Lipinski definition) is 0. The lowest BCUT2D eigenvalue weighted by Gasteiger charge is -2.25. The molecule has 0 amide bonds. The number of hydrogen-bond acceptors (Lipinski definition) is 6. The summed E-state index contributed by atoms with van der Waals surface area (Å²) in [6.07, 6.45) is 4.10. The van der Waals surface area contributed by atoms with E-state index in [-0.39, 0.29) is 17.1 Å². The molecule has 0 radical (unpaired) electrons. The van der Waals surface area contributed by atoms with E-state index in [4.69, 9.17) is 14.2 Å². The Kier molecular flexibility index (Phi) is 8.01. The van der Waals surface area contributed by atoms with Gasteiger partial charge in [0.2, 0.25) is 18.2 Å². The van der Waals surface area contributed by atoms with Crippen LogP contribution in [0.2, 0.25) is 0 Å². The molecule has 0 bridgehead atoms. The average molecular weight is 473 g/mol. The van der Waals surface area contributed by atoms with Gasteiger partial charge in [0.25, 0.3) is 0 Å². The van der Waals surface area contributed by atoms with Crippen molar-refractivity contribution in [1.29, 1.82) is 0 Å². The van der Waals surface area contributed by atoms with Crippen molar-refractivity contribution >= 4 is 18.2 Å². The van der Waals surface area contributed by atoms with Gasteiger partial charge in [0.1, 0.15) is 22.8 Å². The Balaban J connectivity index is 2.27. The second-order valence-electron chi connectivity index (χ2n) is 8.27. The molecule has 1 atom stereocenters. The van der Waals surface area contributed by atoms with Crippen LogP contribution in [0.1, 0.15) is 71.4 Å². The molecule has 0 aliphatic heterocycles. The Hall–Kier alpha value is -2.59. The molecule has 3 rings (SSSR count). The van der Waals surface area contributed by atoms with Crippen molar-refractivity contribution < 1.29 is 28.4 Å². The molecule has 1 fully saturated rings. The van der Waals surface area contributed by atoms with Gasteiger partial charge in [0.05, 0.1) is 21.3 Å². The fourth-order valence-corrected chi connectivity index (χ4v) is 7.87. The van der Waals surface area contributed by atoms with E-state index in [1.54, 1.807) is 12.1 Å². The fraction of sp³-hybridized carbons (Fsp3) is 0.462. The molecule has 6 nitrogen and oxygen atoms in total. The van der Waals surface area contributed by atoms with Crippen LogP contribution in [0.15, 0.2) is 30.3 Å². The minimum absolute atomic E-state index is 0.0383. The average Bonchev–Trinajstić information content (AvgIpc) is 3.41. The first-order valence-electron chi connectivity index (χ1n) is 11.5. The van der Waals surface area contributed by atoms with Gasteiger partial charge in [-0.05, 0) is 36.8 Å². The summed E-state index contributed by atoms with van der Waals surface area (Å²) >= 11 is 0. The fourth-order valence-electron chi connectivity index (χ4n) is 4.76. The van der Waals surface area contributed by atoms with Crippen LogP contribution < -0.4 is 14.2 Å². The van der Waals surface area contributed by atoms with E-state index < -0.39 is 23.8 Å². The van der Waals surface area contributed by atoms with Gasteiger partial charge >= 0.3 is 0 Å². The molecule has 1 saturated carbocycles. The van der Waals surface area contributed by atoms with Gasteiger partial charge in [-0.3, -0.25) is 9.59 Å². The monoisotopic (exact) mass is 472 g/mol. The third-order valence-corrected chi connectivity index (χ3v) is 9.78. The number of methoxy groups -OCH3 is 3. The summed E-state index contributed by atoms with van der Waals surface area (Å²) in [6, 6.07) is 8.77. The largest absolute Gasteiger partial charge is 0.496 e. The maximum absolute atomic E-state index is 14.8. The quantitative estimate of drug-likeness (QED) is 0.388. The standard InChI is InChI=1S/C26H33O6P/c1-6-17-11-10-12-18(7-2)23(17)25(27)33(29,20-13-8-9-14-20)26(28)24-21(31-4)15-19(30-3)16-22(24)32-5/h10-12,15-16,20H,6-9,13-14H2,1-5H3. The van der Waals surface area contributed by atoms with Crippen LogP contribution in [0, 0.1) is 0 Å². The molecular formula is C26H33O6P. The second-order valence-corrected chi connectivity index (χ2v) is 11.1. The topological polar surface area (TPSA) is 78.9 Å². The van der Waals surface area contributed by atoms with E-state index in [1.807, 2.05) is 32.0 Å². The molecule has 33 heavy (non-hydrogen) atoms. The van der Waals surface area contributed by atoms with Crippen molar-refractivity contribution in [3.8, 4) is 17.2 Å². The lowest BCUT2D eigenvalue weighted by Crippen LogP contribution is -2.22. The molecule has 2 aromatic rings. The highest BCUT2D eigenvalue weighted by atomic mass is 31.2. The molecule has 0 saturated heterocycles. The zero-order chi connectivity index (χ0) is 24.2. The van der Waals surface area contributed by atoms with Crippen LogP contribution in [0.3, 0.4) is 0 Å². The van der Waals surface area contributed by atoms with E-state index in [1.165, 1.54) is 21.3 Å². The van der Waals surface area contributed by atoms with Gasteiger partial charge in [-0.1, -0.05) is 44.9 Å². The first-order valence-corrected chi connectivity index (χ1v) is 13.2. The van der Waals surface area contributed by atoms with Crippen LogP contribution in [0.25, 0.3) is 0 Å². The summed E-state index contributed by atoms with van der Waals surface area (Å²) in [7, 11) is 0.292. The van der Waals surface area contributed by atoms with Crippen LogP contribution in [0.4, 0.5) is 0 Å². The van der Waals surface area contributed by atoms with Crippen molar-refractivity contribution in [2.24, 2.45) is 0 Å². The van der Waals surface area contributed by atoms with Crippen LogP contribution in [0.5, 0.6) is 17.2 Å². The van der Waals surface area contributed by atoms with E-state index in [0.717, 1.165) is 24.0 Å². The van der Waals surface area contributed by atoms with Crippen molar-refractivity contribution in [1.82, 2.24) is 0 Å². The zero-order valence-electron chi connectivity index (χ0n) is 20.1. The minimum atomic E-state index is -4.06. The Morgan fingerprint density at radius 2 is 1.33 bits per heavy atom. The maximum Gasteiger partial charge on any atom is 0.236 e. The molecule has 0 aromatic heterocycles. The van der Waals surface area contributed by atoms with Crippen LogP contribution in [-0.2, 0) is 17.4 Å². The van der Waals surface area contributed by atoms with Gasteiger partial charge in [-0.15, -0.1) is 0 Å². The summed E-state index contributed by atoms with van der Waals surface area (Å²) in [5.41, 5.74) is 0.410. The first kappa shape index (κ1) is 25.0. The Morgan fingerprint density at radius 3 is 1.76 bits per heavy atom. The van der Waals surface area contributed by atoms with E-state index >= 15 is 0 Å². The summed E-state index contributed by atoms with van der Waals surface area (Å²) in [4.78, 5) is 28.3. The molecule has 7 heteroatoms. The van der Waals surface area contributed by atoms with Gasteiger partial charge in [-0.25, -0.2) is 0 Å². The normalized spacial score (nSPS) is 15.7. The van der Waals surface area contributed by atoms with Crippen molar-refractivity contribution in [3.05, 3.63) is 52.6 Å². The molecule has 0 heterocycles. The number of carbonyl (C=O) groups is 2. The predicted molar refractivity (Wildman–Crippen MR) is 130 cm³/mol. The zero-order valence-corrected chi connectivity index (χ0v) is 21.0. The summed E-state index contributed by atoms with van der Waals surface area (Å²) in [6.45, 7) is 3.92. The van der Waals surface area contributed by atoms with E-state index in [0.29, 0.717) is 37.0 Å². The number of carbonyl (C=O) groups excluding carboxylic acids is 2. The third-order valence-electron chi connectivity index (χ3n) is 6.58. The predicted octanol–water partition coefficient (Wildman–Crippen LogP) is 6.12. The highest BCUT2D eigenvalue weighted by molar-refractivity contribution is 7.96. The number of benzene rings is 2. The van der Waals surface area contributed by atoms with Gasteiger partial charge < -0.3 is 18.8 Å². The molecule has 2 aromatic carbocycles. The lowest BCUT2D eigenvalue weighted by molar-refractivity contribution is 0.103. The number of ether oxygens (including phenoxy) is 3. The Morgan fingerprint density at radius 1 is 0.848 bits per heavy atom. The highest BCUT2D eigenvalue weighted by Gasteiger charge is 2.50. The molecule has 0 N–H and O–H groups in total. The van der Waals surface area contributed by atoms with Crippen molar-refractivity contribution in [3.63, 3.8) is 0 Å². The smallest absolute Gasteiger partial charge is 0.236 e. The molecule has 1 unspecified atom stereocenters. The maximum atomic E-state index is 14.8. The first-order chi connectivity index (χ1) is 15.9. The molecule has 1 aliphatic rings. The number of rotatable bonds is 10. The molecule has 178 valence electrons. The van der Waals surface area contributed by atoms with E-state index in [9.17, 15) is 14.2 Å².